The number of urea groups is 1. The van der Waals surface area contributed by atoms with Crippen molar-refractivity contribution in [3.8, 4) is 0 Å². The van der Waals surface area contributed by atoms with Gasteiger partial charge in [-0.3, -0.25) is 14.4 Å². The van der Waals surface area contributed by atoms with Crippen molar-refractivity contribution in [2.24, 2.45) is 11.7 Å². The Bertz CT molecular complexity index is 1120. The zero-order valence-corrected chi connectivity index (χ0v) is 22.4. The van der Waals surface area contributed by atoms with Crippen LogP contribution in [0.3, 0.4) is 0 Å². The normalized spacial score (nSPS) is 23.1. The van der Waals surface area contributed by atoms with Crippen LogP contribution in [0.15, 0.2) is 60.7 Å². The molecule has 2 saturated heterocycles. The maximum atomic E-state index is 13.9. The molecule has 39 heavy (non-hydrogen) atoms. The second kappa shape index (κ2) is 12.8. The van der Waals surface area contributed by atoms with Gasteiger partial charge in [-0.25, -0.2) is 4.79 Å². The van der Waals surface area contributed by atoms with E-state index < -0.39 is 24.0 Å². The van der Waals surface area contributed by atoms with Crippen molar-refractivity contribution in [3.63, 3.8) is 0 Å². The minimum absolute atomic E-state index is 0.162. The minimum Gasteiger partial charge on any atom is -0.343 e. The van der Waals surface area contributed by atoms with E-state index in [-0.39, 0.29) is 42.4 Å². The molecule has 0 spiro atoms. The van der Waals surface area contributed by atoms with Crippen LogP contribution in [-0.2, 0) is 14.4 Å². The van der Waals surface area contributed by atoms with E-state index >= 15 is 0 Å². The third-order valence-electron chi connectivity index (χ3n) is 7.75. The molecule has 0 radical (unpaired) electrons. The number of piperidine rings is 1. The minimum atomic E-state index is -0.893. The summed E-state index contributed by atoms with van der Waals surface area (Å²) in [7, 11) is 1.51. The second-order valence-electron chi connectivity index (χ2n) is 10.2. The van der Waals surface area contributed by atoms with Gasteiger partial charge in [0.05, 0.1) is 12.1 Å². The lowest BCUT2D eigenvalue weighted by Gasteiger charge is -2.42. The molecule has 208 valence electrons. The number of rotatable bonds is 9. The number of nitrogens with zero attached hydrogens (tertiary/aromatic N) is 1. The molecular formula is C29H38N6O4. The molecule has 0 saturated carbocycles. The third-order valence-corrected chi connectivity index (χ3v) is 7.75. The summed E-state index contributed by atoms with van der Waals surface area (Å²) >= 11 is 0. The first-order valence-corrected chi connectivity index (χ1v) is 13.6. The maximum absolute atomic E-state index is 13.9. The number of benzene rings is 2. The van der Waals surface area contributed by atoms with Crippen molar-refractivity contribution in [1.29, 1.82) is 0 Å². The molecule has 2 aliphatic rings. The summed E-state index contributed by atoms with van der Waals surface area (Å²) in [5, 5.41) is 11.3. The van der Waals surface area contributed by atoms with Crippen molar-refractivity contribution >= 4 is 23.8 Å². The van der Waals surface area contributed by atoms with Crippen LogP contribution in [0.5, 0.6) is 0 Å². The predicted octanol–water partition coefficient (Wildman–Crippen LogP) is 1.42. The highest BCUT2D eigenvalue weighted by atomic mass is 16.2. The Morgan fingerprint density at radius 1 is 1.00 bits per heavy atom. The van der Waals surface area contributed by atoms with Gasteiger partial charge < -0.3 is 31.9 Å². The van der Waals surface area contributed by atoms with E-state index in [1.165, 1.54) is 7.05 Å². The van der Waals surface area contributed by atoms with Crippen LogP contribution in [-0.4, -0.2) is 66.4 Å². The number of carbonyl (C=O) groups excluding carboxylic acids is 4. The number of nitrogens with one attached hydrogen (secondary N) is 4. The van der Waals surface area contributed by atoms with Crippen molar-refractivity contribution in [2.75, 3.05) is 13.6 Å². The Morgan fingerprint density at radius 3 is 2.18 bits per heavy atom. The lowest BCUT2D eigenvalue weighted by atomic mass is 9.85. The van der Waals surface area contributed by atoms with Gasteiger partial charge in [0.25, 0.3) is 0 Å². The van der Waals surface area contributed by atoms with Gasteiger partial charge in [0.2, 0.25) is 17.7 Å². The summed E-state index contributed by atoms with van der Waals surface area (Å²) < 4.78 is 0. The third kappa shape index (κ3) is 6.39. The molecule has 0 aliphatic carbocycles. The molecule has 1 unspecified atom stereocenters. The van der Waals surface area contributed by atoms with Gasteiger partial charge in [0.1, 0.15) is 12.1 Å². The molecule has 0 bridgehead atoms. The molecule has 0 aromatic heterocycles. The van der Waals surface area contributed by atoms with E-state index in [0.717, 1.165) is 11.1 Å². The smallest absolute Gasteiger partial charge is 0.314 e. The van der Waals surface area contributed by atoms with Crippen LogP contribution in [0.1, 0.15) is 49.8 Å². The van der Waals surface area contributed by atoms with E-state index in [0.29, 0.717) is 25.7 Å². The number of carbonyl (C=O) groups is 4. The molecule has 5 amide bonds. The molecule has 2 aliphatic heterocycles. The Kier molecular flexibility index (Phi) is 9.19. The number of hydrogen-bond acceptors (Lipinski definition) is 5. The quantitative estimate of drug-likeness (QED) is 0.330. The van der Waals surface area contributed by atoms with E-state index in [1.54, 1.807) is 11.8 Å². The zero-order valence-electron chi connectivity index (χ0n) is 22.4. The number of hydrogen-bond donors (Lipinski definition) is 5. The van der Waals surface area contributed by atoms with Crippen LogP contribution in [0.25, 0.3) is 0 Å². The first-order valence-electron chi connectivity index (χ1n) is 13.6. The van der Waals surface area contributed by atoms with Gasteiger partial charge in [-0.15, -0.1) is 0 Å². The number of nitrogens with two attached hydrogens (primary N) is 1. The predicted molar refractivity (Wildman–Crippen MR) is 147 cm³/mol. The van der Waals surface area contributed by atoms with E-state index in [9.17, 15) is 19.2 Å². The highest BCUT2D eigenvalue weighted by Gasteiger charge is 2.50. The molecule has 10 nitrogen and oxygen atoms in total. The molecule has 2 fully saturated rings. The van der Waals surface area contributed by atoms with Gasteiger partial charge >= 0.3 is 6.03 Å². The lowest BCUT2D eigenvalue weighted by molar-refractivity contribution is -0.148. The molecule has 2 heterocycles. The first kappa shape index (κ1) is 28.1. The average Bonchev–Trinajstić information content (AvgIpc) is 3.40. The van der Waals surface area contributed by atoms with Crippen molar-refractivity contribution < 1.29 is 19.2 Å². The van der Waals surface area contributed by atoms with E-state index in [2.05, 4.69) is 21.3 Å². The van der Waals surface area contributed by atoms with Crippen molar-refractivity contribution in [2.45, 2.75) is 62.8 Å². The molecule has 2 aromatic rings. The maximum Gasteiger partial charge on any atom is 0.314 e. The Balaban J connectivity index is 1.56. The fourth-order valence-corrected chi connectivity index (χ4v) is 5.58. The Labute approximate surface area is 229 Å². The van der Waals surface area contributed by atoms with E-state index in [4.69, 9.17) is 5.73 Å². The number of amides is 5. The van der Waals surface area contributed by atoms with Crippen LogP contribution >= 0.6 is 0 Å². The molecule has 6 N–H and O–H groups in total. The van der Waals surface area contributed by atoms with Gasteiger partial charge in [-0.2, -0.15) is 0 Å². The Morgan fingerprint density at radius 2 is 1.62 bits per heavy atom. The van der Waals surface area contributed by atoms with E-state index in [1.807, 2.05) is 60.7 Å². The summed E-state index contributed by atoms with van der Waals surface area (Å²) in [5.41, 5.74) is 7.82. The molecule has 4 rings (SSSR count). The highest BCUT2D eigenvalue weighted by Crippen LogP contribution is 2.36. The molecule has 2 aromatic carbocycles. The molecular weight excluding hydrogens is 496 g/mol. The SMILES string of the molecule is CC[C@H](N)C(=O)N[C@@H]1C(=O)N2C(CC[C@H]2C(=O)NC(c2ccccc2)c2ccccc2)C[C@@H]1CNC(=O)NC. The first-order chi connectivity index (χ1) is 18.8. The Hall–Kier alpha value is -3.92. The largest absolute Gasteiger partial charge is 0.343 e. The van der Waals surface area contributed by atoms with Crippen molar-refractivity contribution in [1.82, 2.24) is 26.2 Å². The van der Waals surface area contributed by atoms with Crippen LogP contribution < -0.4 is 27.0 Å². The monoisotopic (exact) mass is 534 g/mol. The fourth-order valence-electron chi connectivity index (χ4n) is 5.58. The van der Waals surface area contributed by atoms with Crippen LogP contribution in [0.4, 0.5) is 4.79 Å². The second-order valence-corrected chi connectivity index (χ2v) is 10.2. The topological polar surface area (TPSA) is 146 Å². The van der Waals surface area contributed by atoms with Crippen LogP contribution in [0.2, 0.25) is 0 Å². The van der Waals surface area contributed by atoms with Crippen LogP contribution in [0, 0.1) is 5.92 Å². The zero-order chi connectivity index (χ0) is 27.9. The molecule has 5 atom stereocenters. The van der Waals surface area contributed by atoms with Gasteiger partial charge in [0.15, 0.2) is 0 Å². The fraction of sp³-hybridized carbons (Fsp3) is 0.448. The van der Waals surface area contributed by atoms with Crippen molar-refractivity contribution in [3.05, 3.63) is 71.8 Å². The highest BCUT2D eigenvalue weighted by molar-refractivity contribution is 5.94. The summed E-state index contributed by atoms with van der Waals surface area (Å²) in [6.07, 6.45) is 2.15. The summed E-state index contributed by atoms with van der Waals surface area (Å²) in [6.45, 7) is 2.01. The average molecular weight is 535 g/mol. The molecule has 10 heteroatoms. The van der Waals surface area contributed by atoms with Gasteiger partial charge in [-0.05, 0) is 36.8 Å². The standard InChI is InChI=1S/C29H38N6O4/c1-3-22(30)26(36)34-25-20(17-32-29(39)31-2)16-21-14-15-23(35(21)28(25)38)27(37)33-24(18-10-6-4-7-11-18)19-12-8-5-9-13-19/h4-13,20-25H,3,14-17,30H2,1-2H3,(H,33,37)(H,34,36)(H2,31,32,39)/t20-,21?,22+,23+,25+/m1/s1. The van der Waals surface area contributed by atoms with Gasteiger partial charge in [-0.1, -0.05) is 67.6 Å². The summed E-state index contributed by atoms with van der Waals surface area (Å²) in [4.78, 5) is 53.8. The summed E-state index contributed by atoms with van der Waals surface area (Å²) in [5.74, 6) is -1.30. The number of fused-ring (bicyclic) bond motifs is 1. The lowest BCUT2D eigenvalue weighted by Crippen LogP contribution is -2.64. The summed E-state index contributed by atoms with van der Waals surface area (Å²) in [6, 6.07) is 16.2. The van der Waals surface area contributed by atoms with Gasteiger partial charge in [0, 0.05) is 25.6 Å².